The fraction of sp³-hybridized carbons (Fsp3) is 1.00. The first kappa shape index (κ1) is 14.9. The van der Waals surface area contributed by atoms with Crippen molar-refractivity contribution in [3.63, 3.8) is 0 Å². The van der Waals surface area contributed by atoms with Crippen LogP contribution in [-0.2, 0) is 4.74 Å². The van der Waals surface area contributed by atoms with Crippen LogP contribution in [0.3, 0.4) is 0 Å². The zero-order valence-electron chi connectivity index (χ0n) is 11.7. The smallest absolute Gasteiger partial charge is 0.0594 e. The molecule has 1 aliphatic rings. The van der Waals surface area contributed by atoms with Gasteiger partial charge >= 0.3 is 0 Å². The van der Waals surface area contributed by atoms with E-state index in [4.69, 9.17) is 10.5 Å². The molecule has 0 amide bonds. The first-order valence-electron chi connectivity index (χ1n) is 6.85. The summed E-state index contributed by atoms with van der Waals surface area (Å²) in [6.45, 7) is 14.7. The van der Waals surface area contributed by atoms with Crippen LogP contribution in [-0.4, -0.2) is 67.8 Å². The van der Waals surface area contributed by atoms with E-state index in [1.807, 2.05) is 0 Å². The van der Waals surface area contributed by atoms with Gasteiger partial charge in [0.05, 0.1) is 13.2 Å². The monoisotopic (exact) mass is 243 g/mol. The molecule has 0 aliphatic carbocycles. The van der Waals surface area contributed by atoms with E-state index in [0.29, 0.717) is 0 Å². The molecule has 0 aromatic carbocycles. The van der Waals surface area contributed by atoms with Crippen molar-refractivity contribution in [2.24, 2.45) is 5.73 Å². The Labute approximate surface area is 106 Å². The molecule has 1 saturated heterocycles. The van der Waals surface area contributed by atoms with Gasteiger partial charge in [0.2, 0.25) is 0 Å². The summed E-state index contributed by atoms with van der Waals surface area (Å²) in [6, 6.07) is 0. The molecule has 1 aliphatic heterocycles. The lowest BCUT2D eigenvalue weighted by Crippen LogP contribution is -2.52. The number of ether oxygens (including phenoxy) is 1. The van der Waals surface area contributed by atoms with Crippen LogP contribution < -0.4 is 5.73 Å². The van der Waals surface area contributed by atoms with E-state index < -0.39 is 0 Å². The maximum Gasteiger partial charge on any atom is 0.0594 e. The predicted octanol–water partition coefficient (Wildman–Crippen LogP) is 0.768. The number of hydrogen-bond donors (Lipinski definition) is 1. The molecule has 1 heterocycles. The second-order valence-corrected chi connectivity index (χ2v) is 5.46. The lowest BCUT2D eigenvalue weighted by molar-refractivity contribution is 0.0258. The van der Waals surface area contributed by atoms with Crippen molar-refractivity contribution in [1.82, 2.24) is 9.80 Å². The normalized spacial score (nSPS) is 18.9. The Kier molecular flexibility index (Phi) is 6.41. The van der Waals surface area contributed by atoms with E-state index in [1.54, 1.807) is 0 Å². The third-order valence-corrected chi connectivity index (χ3v) is 3.64. The van der Waals surface area contributed by atoms with Crippen LogP contribution in [0.5, 0.6) is 0 Å². The van der Waals surface area contributed by atoms with Gasteiger partial charge in [-0.25, -0.2) is 0 Å². The standard InChI is InChI=1S/C13H29N3O/c1-4-5-16(13(2,3)12-14)7-6-15-8-10-17-11-9-15/h4-12,14H2,1-3H3. The molecule has 1 rings (SSSR count). The highest BCUT2D eigenvalue weighted by Crippen LogP contribution is 2.13. The second kappa shape index (κ2) is 7.31. The molecule has 2 N–H and O–H groups in total. The van der Waals surface area contributed by atoms with Crippen molar-refractivity contribution in [2.45, 2.75) is 32.7 Å². The third kappa shape index (κ3) is 4.92. The molecule has 17 heavy (non-hydrogen) atoms. The van der Waals surface area contributed by atoms with Crippen molar-refractivity contribution in [3.8, 4) is 0 Å². The summed E-state index contributed by atoms with van der Waals surface area (Å²) in [5.41, 5.74) is 5.98. The van der Waals surface area contributed by atoms with Crippen molar-refractivity contribution in [3.05, 3.63) is 0 Å². The Morgan fingerprint density at radius 1 is 1.24 bits per heavy atom. The van der Waals surface area contributed by atoms with Gasteiger partial charge in [0.15, 0.2) is 0 Å². The minimum Gasteiger partial charge on any atom is -0.379 e. The molecular weight excluding hydrogens is 214 g/mol. The average Bonchev–Trinajstić information content (AvgIpc) is 2.35. The summed E-state index contributed by atoms with van der Waals surface area (Å²) >= 11 is 0. The number of morpholine rings is 1. The summed E-state index contributed by atoms with van der Waals surface area (Å²) in [7, 11) is 0. The minimum absolute atomic E-state index is 0.113. The molecule has 4 nitrogen and oxygen atoms in total. The van der Waals surface area contributed by atoms with Crippen molar-refractivity contribution >= 4 is 0 Å². The predicted molar refractivity (Wildman–Crippen MR) is 72.3 cm³/mol. The first-order chi connectivity index (χ1) is 8.10. The first-order valence-corrected chi connectivity index (χ1v) is 6.85. The van der Waals surface area contributed by atoms with Crippen LogP contribution in [0, 0.1) is 0 Å². The van der Waals surface area contributed by atoms with Gasteiger partial charge in [-0.15, -0.1) is 0 Å². The number of nitrogens with two attached hydrogens (primary N) is 1. The zero-order valence-corrected chi connectivity index (χ0v) is 11.7. The van der Waals surface area contributed by atoms with Gasteiger partial charge in [0.1, 0.15) is 0 Å². The van der Waals surface area contributed by atoms with E-state index in [0.717, 1.165) is 52.5 Å². The lowest BCUT2D eigenvalue weighted by Gasteiger charge is -2.39. The summed E-state index contributed by atoms with van der Waals surface area (Å²) in [4.78, 5) is 5.00. The van der Waals surface area contributed by atoms with Gasteiger partial charge in [-0.3, -0.25) is 9.80 Å². The third-order valence-electron chi connectivity index (χ3n) is 3.64. The molecule has 0 aromatic rings. The molecule has 0 aromatic heterocycles. The number of rotatable bonds is 7. The molecule has 0 spiro atoms. The summed E-state index contributed by atoms with van der Waals surface area (Å²) in [6.07, 6.45) is 1.19. The SMILES string of the molecule is CCCN(CCN1CCOCC1)C(C)(C)CN. The van der Waals surface area contributed by atoms with Gasteiger partial charge in [0, 0.05) is 38.3 Å². The molecular formula is C13H29N3O. The van der Waals surface area contributed by atoms with Gasteiger partial charge in [0.25, 0.3) is 0 Å². The highest BCUT2D eigenvalue weighted by atomic mass is 16.5. The van der Waals surface area contributed by atoms with E-state index in [2.05, 4.69) is 30.6 Å². The molecule has 1 fully saturated rings. The van der Waals surface area contributed by atoms with Crippen LogP contribution in [0.15, 0.2) is 0 Å². The molecule has 4 heteroatoms. The van der Waals surface area contributed by atoms with Crippen molar-refractivity contribution < 1.29 is 4.74 Å². The Morgan fingerprint density at radius 2 is 1.88 bits per heavy atom. The van der Waals surface area contributed by atoms with Crippen LogP contribution in [0.4, 0.5) is 0 Å². The second-order valence-electron chi connectivity index (χ2n) is 5.46. The Morgan fingerprint density at radius 3 is 2.41 bits per heavy atom. The average molecular weight is 243 g/mol. The maximum absolute atomic E-state index is 5.87. The van der Waals surface area contributed by atoms with Crippen LogP contribution >= 0.6 is 0 Å². The minimum atomic E-state index is 0.113. The van der Waals surface area contributed by atoms with E-state index in [1.165, 1.54) is 6.42 Å². The number of nitrogens with zero attached hydrogens (tertiary/aromatic N) is 2. The molecule has 0 bridgehead atoms. The van der Waals surface area contributed by atoms with E-state index >= 15 is 0 Å². The molecule has 0 unspecified atom stereocenters. The zero-order chi connectivity index (χ0) is 12.7. The maximum atomic E-state index is 5.87. The van der Waals surface area contributed by atoms with E-state index in [-0.39, 0.29) is 5.54 Å². The highest BCUT2D eigenvalue weighted by molar-refractivity contribution is 4.83. The molecule has 0 radical (unpaired) electrons. The topological polar surface area (TPSA) is 41.7 Å². The van der Waals surface area contributed by atoms with E-state index in [9.17, 15) is 0 Å². The largest absolute Gasteiger partial charge is 0.379 e. The molecule has 0 atom stereocenters. The fourth-order valence-electron chi connectivity index (χ4n) is 2.20. The fourth-order valence-corrected chi connectivity index (χ4v) is 2.20. The van der Waals surface area contributed by atoms with Crippen molar-refractivity contribution in [1.29, 1.82) is 0 Å². The summed E-state index contributed by atoms with van der Waals surface area (Å²) < 4.78 is 5.37. The summed E-state index contributed by atoms with van der Waals surface area (Å²) in [5.74, 6) is 0. The van der Waals surface area contributed by atoms with Gasteiger partial charge in [-0.2, -0.15) is 0 Å². The highest BCUT2D eigenvalue weighted by Gasteiger charge is 2.24. The van der Waals surface area contributed by atoms with Gasteiger partial charge in [-0.1, -0.05) is 6.92 Å². The Hall–Kier alpha value is -0.160. The van der Waals surface area contributed by atoms with Crippen LogP contribution in [0.2, 0.25) is 0 Å². The molecule has 0 saturated carbocycles. The quantitative estimate of drug-likeness (QED) is 0.717. The lowest BCUT2D eigenvalue weighted by atomic mass is 10.0. The number of hydrogen-bond acceptors (Lipinski definition) is 4. The van der Waals surface area contributed by atoms with Gasteiger partial charge < -0.3 is 10.5 Å². The van der Waals surface area contributed by atoms with Crippen LogP contribution in [0.25, 0.3) is 0 Å². The Balaban J connectivity index is 2.37. The van der Waals surface area contributed by atoms with Crippen molar-refractivity contribution in [2.75, 3.05) is 52.5 Å². The van der Waals surface area contributed by atoms with Gasteiger partial charge in [-0.05, 0) is 26.8 Å². The molecule has 102 valence electrons. The summed E-state index contributed by atoms with van der Waals surface area (Å²) in [5, 5.41) is 0. The Bertz CT molecular complexity index is 203. The van der Waals surface area contributed by atoms with Crippen LogP contribution in [0.1, 0.15) is 27.2 Å².